The van der Waals surface area contributed by atoms with Crippen LogP contribution in [0.25, 0.3) is 0 Å². The molecule has 7 heteroatoms. The van der Waals surface area contributed by atoms with Crippen LogP contribution in [0, 0.1) is 0 Å². The molecule has 148 valence electrons. The summed E-state index contributed by atoms with van der Waals surface area (Å²) in [5.74, 6) is 0.685. The minimum Gasteiger partial charge on any atom is -0.497 e. The topological polar surface area (TPSA) is 68.2 Å². The van der Waals surface area contributed by atoms with Gasteiger partial charge in [0.2, 0.25) is 0 Å². The van der Waals surface area contributed by atoms with Gasteiger partial charge in [-0.3, -0.25) is 9.48 Å². The van der Waals surface area contributed by atoms with Crippen molar-refractivity contribution in [2.45, 2.75) is 38.1 Å². The SMILES string of the molecule is COc1cccc(C(C)(C)CNC(=O)c2ccn(C3CCCNC3)n2)c1.Cl. The quantitative estimate of drug-likeness (QED) is 0.793. The van der Waals surface area contributed by atoms with E-state index in [-0.39, 0.29) is 23.7 Å². The second-order valence-electron chi connectivity index (χ2n) is 7.48. The number of nitrogens with zero attached hydrogens (tertiary/aromatic N) is 2. The Morgan fingerprint density at radius 2 is 2.22 bits per heavy atom. The largest absolute Gasteiger partial charge is 0.497 e. The molecule has 1 aliphatic rings. The van der Waals surface area contributed by atoms with Gasteiger partial charge in [0.05, 0.1) is 13.2 Å². The normalized spacial score (nSPS) is 17.1. The number of hydrogen-bond acceptors (Lipinski definition) is 4. The van der Waals surface area contributed by atoms with E-state index in [2.05, 4.69) is 35.6 Å². The molecule has 3 rings (SSSR count). The number of benzene rings is 1. The van der Waals surface area contributed by atoms with Gasteiger partial charge in [0, 0.05) is 24.7 Å². The van der Waals surface area contributed by atoms with Gasteiger partial charge in [0.15, 0.2) is 0 Å². The average molecular weight is 393 g/mol. The molecule has 27 heavy (non-hydrogen) atoms. The monoisotopic (exact) mass is 392 g/mol. The summed E-state index contributed by atoms with van der Waals surface area (Å²) in [5.41, 5.74) is 1.38. The number of methoxy groups -OCH3 is 1. The van der Waals surface area contributed by atoms with Crippen LogP contribution in [0.5, 0.6) is 5.75 Å². The van der Waals surface area contributed by atoms with E-state index in [1.165, 1.54) is 0 Å². The third-order valence-corrected chi connectivity index (χ3v) is 5.03. The Kier molecular flexibility index (Phi) is 7.27. The zero-order valence-corrected chi connectivity index (χ0v) is 17.0. The number of ether oxygens (including phenoxy) is 1. The van der Waals surface area contributed by atoms with Gasteiger partial charge in [0.1, 0.15) is 11.4 Å². The number of nitrogens with one attached hydrogen (secondary N) is 2. The molecule has 0 spiro atoms. The van der Waals surface area contributed by atoms with Gasteiger partial charge < -0.3 is 15.4 Å². The van der Waals surface area contributed by atoms with Crippen molar-refractivity contribution in [2.24, 2.45) is 0 Å². The van der Waals surface area contributed by atoms with Gasteiger partial charge in [-0.25, -0.2) is 0 Å². The van der Waals surface area contributed by atoms with Crippen LogP contribution in [-0.2, 0) is 5.41 Å². The molecule has 6 nitrogen and oxygen atoms in total. The van der Waals surface area contributed by atoms with Crippen molar-refractivity contribution < 1.29 is 9.53 Å². The smallest absolute Gasteiger partial charge is 0.271 e. The molecular weight excluding hydrogens is 364 g/mol. The van der Waals surface area contributed by atoms with Gasteiger partial charge in [-0.15, -0.1) is 12.4 Å². The van der Waals surface area contributed by atoms with Crippen LogP contribution < -0.4 is 15.4 Å². The molecular formula is C20H29ClN4O2. The molecule has 0 bridgehead atoms. The summed E-state index contributed by atoms with van der Waals surface area (Å²) in [6.45, 7) is 6.70. The highest BCUT2D eigenvalue weighted by molar-refractivity contribution is 5.92. The molecule has 1 amide bonds. The number of amides is 1. The minimum atomic E-state index is -0.208. The zero-order valence-electron chi connectivity index (χ0n) is 16.2. The molecule has 2 heterocycles. The molecule has 1 unspecified atom stereocenters. The van der Waals surface area contributed by atoms with Gasteiger partial charge in [-0.1, -0.05) is 26.0 Å². The third kappa shape index (κ3) is 5.23. The van der Waals surface area contributed by atoms with E-state index >= 15 is 0 Å². The molecule has 2 aromatic rings. The van der Waals surface area contributed by atoms with Gasteiger partial charge in [0.25, 0.3) is 5.91 Å². The first-order chi connectivity index (χ1) is 12.5. The fraction of sp³-hybridized carbons (Fsp3) is 0.500. The summed E-state index contributed by atoms with van der Waals surface area (Å²) in [5, 5.41) is 10.9. The standard InChI is InChI=1S/C20H28N4O2.ClH/c1-20(2,15-6-4-8-17(12-15)26-3)14-22-19(25)18-9-11-24(23-18)16-7-5-10-21-13-16;/h4,6,8-9,11-12,16,21H,5,7,10,13-14H2,1-3H3,(H,22,25);1H. The number of rotatable bonds is 6. The summed E-state index contributed by atoms with van der Waals surface area (Å²) in [6, 6.07) is 10.1. The highest BCUT2D eigenvalue weighted by atomic mass is 35.5. The molecule has 1 aliphatic heterocycles. The lowest BCUT2D eigenvalue weighted by molar-refractivity contribution is 0.0939. The number of hydrogen-bond donors (Lipinski definition) is 2. The number of aromatic nitrogens is 2. The maximum absolute atomic E-state index is 12.5. The fourth-order valence-corrected chi connectivity index (χ4v) is 3.26. The van der Waals surface area contributed by atoms with Crippen LogP contribution in [0.3, 0.4) is 0 Å². The van der Waals surface area contributed by atoms with Crippen molar-refractivity contribution in [3.05, 3.63) is 47.8 Å². The Hall–Kier alpha value is -2.05. The third-order valence-electron chi connectivity index (χ3n) is 5.03. The van der Waals surface area contributed by atoms with Crippen LogP contribution in [0.15, 0.2) is 36.5 Å². The Balaban J connectivity index is 0.00000261. The summed E-state index contributed by atoms with van der Waals surface area (Å²) in [6.07, 6.45) is 4.14. The van der Waals surface area contributed by atoms with Crippen molar-refractivity contribution in [1.29, 1.82) is 0 Å². The van der Waals surface area contributed by atoms with Gasteiger partial charge in [-0.05, 0) is 43.1 Å². The van der Waals surface area contributed by atoms with E-state index in [9.17, 15) is 4.79 Å². The highest BCUT2D eigenvalue weighted by Gasteiger charge is 2.23. The van der Waals surface area contributed by atoms with Crippen LogP contribution in [0.2, 0.25) is 0 Å². The Bertz CT molecular complexity index is 754. The summed E-state index contributed by atoms with van der Waals surface area (Å²) < 4.78 is 7.21. The lowest BCUT2D eigenvalue weighted by Crippen LogP contribution is -2.37. The second kappa shape index (κ2) is 9.24. The predicted molar refractivity (Wildman–Crippen MR) is 109 cm³/mol. The summed E-state index contributed by atoms with van der Waals surface area (Å²) in [4.78, 5) is 12.5. The molecule has 2 N–H and O–H groups in total. The van der Waals surface area contributed by atoms with Crippen LogP contribution in [0.4, 0.5) is 0 Å². The van der Waals surface area contributed by atoms with E-state index in [1.807, 2.05) is 29.1 Å². The summed E-state index contributed by atoms with van der Waals surface area (Å²) in [7, 11) is 1.66. The fourth-order valence-electron chi connectivity index (χ4n) is 3.26. The van der Waals surface area contributed by atoms with E-state index in [0.717, 1.165) is 37.2 Å². The molecule has 0 radical (unpaired) electrons. The van der Waals surface area contributed by atoms with Crippen molar-refractivity contribution >= 4 is 18.3 Å². The van der Waals surface area contributed by atoms with Crippen LogP contribution in [0.1, 0.15) is 48.8 Å². The number of carbonyl (C=O) groups is 1. The number of halogens is 1. The second-order valence-corrected chi connectivity index (χ2v) is 7.48. The first-order valence-corrected chi connectivity index (χ1v) is 9.18. The number of carbonyl (C=O) groups excluding carboxylic acids is 1. The molecule has 1 aromatic carbocycles. The predicted octanol–water partition coefficient (Wildman–Crippen LogP) is 2.95. The van der Waals surface area contributed by atoms with E-state index in [4.69, 9.17) is 4.74 Å². The van der Waals surface area contributed by atoms with E-state index in [1.54, 1.807) is 13.2 Å². The minimum absolute atomic E-state index is 0. The lowest BCUT2D eigenvalue weighted by atomic mass is 9.84. The first kappa shape index (κ1) is 21.3. The molecule has 1 aromatic heterocycles. The highest BCUT2D eigenvalue weighted by Crippen LogP contribution is 2.26. The molecule has 0 saturated carbocycles. The maximum Gasteiger partial charge on any atom is 0.271 e. The molecule has 1 fully saturated rings. The average Bonchev–Trinajstić information content (AvgIpc) is 3.17. The van der Waals surface area contributed by atoms with Crippen molar-refractivity contribution in [1.82, 2.24) is 20.4 Å². The molecule has 1 atom stereocenters. The Labute approximate surface area is 167 Å². The Morgan fingerprint density at radius 3 is 2.93 bits per heavy atom. The molecule has 1 saturated heterocycles. The van der Waals surface area contributed by atoms with E-state index < -0.39 is 0 Å². The zero-order chi connectivity index (χ0) is 18.6. The van der Waals surface area contributed by atoms with Gasteiger partial charge >= 0.3 is 0 Å². The lowest BCUT2D eigenvalue weighted by Gasteiger charge is -2.26. The Morgan fingerprint density at radius 1 is 1.41 bits per heavy atom. The maximum atomic E-state index is 12.5. The van der Waals surface area contributed by atoms with Crippen LogP contribution >= 0.6 is 12.4 Å². The van der Waals surface area contributed by atoms with Crippen molar-refractivity contribution in [3.8, 4) is 5.75 Å². The summed E-state index contributed by atoms with van der Waals surface area (Å²) >= 11 is 0. The van der Waals surface area contributed by atoms with Crippen LogP contribution in [-0.4, -0.2) is 42.4 Å². The first-order valence-electron chi connectivity index (χ1n) is 9.18. The number of piperidine rings is 1. The van der Waals surface area contributed by atoms with Crippen molar-refractivity contribution in [2.75, 3.05) is 26.7 Å². The molecule has 0 aliphatic carbocycles. The van der Waals surface area contributed by atoms with Crippen molar-refractivity contribution in [3.63, 3.8) is 0 Å². The van der Waals surface area contributed by atoms with E-state index in [0.29, 0.717) is 18.3 Å². The van der Waals surface area contributed by atoms with Gasteiger partial charge in [-0.2, -0.15) is 5.10 Å².